The Kier molecular flexibility index (Phi) is 4.36. The predicted octanol–water partition coefficient (Wildman–Crippen LogP) is 2.32. The van der Waals surface area contributed by atoms with E-state index in [9.17, 15) is 9.59 Å². The molecule has 2 aromatic heterocycles. The van der Waals surface area contributed by atoms with Crippen LogP contribution < -0.4 is 16.0 Å². The molecule has 1 saturated carbocycles. The molecule has 0 spiro atoms. The average molecular weight is 354 g/mol. The predicted molar refractivity (Wildman–Crippen MR) is 98.9 cm³/mol. The van der Waals surface area contributed by atoms with Crippen molar-refractivity contribution in [1.29, 1.82) is 0 Å². The summed E-state index contributed by atoms with van der Waals surface area (Å²) in [5, 5.41) is 0. The summed E-state index contributed by atoms with van der Waals surface area (Å²) >= 11 is 0. The van der Waals surface area contributed by atoms with E-state index in [4.69, 9.17) is 4.74 Å². The van der Waals surface area contributed by atoms with Crippen LogP contribution in [0.3, 0.4) is 0 Å². The SMILES string of the molecule is COc1ccc(CCn2c(=O)[nH]c(=O)c3[nH]c(C4CCCC4)nc32)cc1. The van der Waals surface area contributed by atoms with Crippen molar-refractivity contribution in [3.05, 3.63) is 56.5 Å². The summed E-state index contributed by atoms with van der Waals surface area (Å²) in [7, 11) is 1.63. The molecule has 7 nitrogen and oxygen atoms in total. The number of benzene rings is 1. The van der Waals surface area contributed by atoms with Crippen molar-refractivity contribution in [2.45, 2.75) is 44.6 Å². The number of imidazole rings is 1. The summed E-state index contributed by atoms with van der Waals surface area (Å²) in [6.07, 6.45) is 5.18. The quantitative estimate of drug-likeness (QED) is 0.735. The van der Waals surface area contributed by atoms with Crippen LogP contribution in [0, 0.1) is 0 Å². The second kappa shape index (κ2) is 6.82. The van der Waals surface area contributed by atoms with Crippen LogP contribution in [-0.4, -0.2) is 26.6 Å². The van der Waals surface area contributed by atoms with Crippen LogP contribution in [0.2, 0.25) is 0 Å². The van der Waals surface area contributed by atoms with Gasteiger partial charge in [-0.2, -0.15) is 0 Å². The fourth-order valence-electron chi connectivity index (χ4n) is 3.69. The molecule has 0 bridgehead atoms. The summed E-state index contributed by atoms with van der Waals surface area (Å²) < 4.78 is 6.72. The molecule has 1 fully saturated rings. The van der Waals surface area contributed by atoms with E-state index in [1.54, 1.807) is 11.7 Å². The zero-order chi connectivity index (χ0) is 18.1. The molecular formula is C19H22N4O3. The molecule has 2 N–H and O–H groups in total. The fourth-order valence-corrected chi connectivity index (χ4v) is 3.69. The van der Waals surface area contributed by atoms with E-state index in [-0.39, 0.29) is 0 Å². The van der Waals surface area contributed by atoms with E-state index in [2.05, 4.69) is 15.0 Å². The first-order valence-corrected chi connectivity index (χ1v) is 9.01. The number of nitrogens with one attached hydrogen (secondary N) is 2. The van der Waals surface area contributed by atoms with Gasteiger partial charge in [0.25, 0.3) is 5.56 Å². The molecule has 2 heterocycles. The van der Waals surface area contributed by atoms with Crippen LogP contribution in [0.5, 0.6) is 5.75 Å². The van der Waals surface area contributed by atoms with Crippen molar-refractivity contribution >= 4 is 11.2 Å². The topological polar surface area (TPSA) is 92.8 Å². The highest BCUT2D eigenvalue weighted by atomic mass is 16.5. The van der Waals surface area contributed by atoms with Gasteiger partial charge in [0.1, 0.15) is 17.1 Å². The number of aromatic nitrogens is 4. The van der Waals surface area contributed by atoms with Crippen molar-refractivity contribution in [2.24, 2.45) is 0 Å². The number of ether oxygens (including phenoxy) is 1. The maximum absolute atomic E-state index is 12.3. The fraction of sp³-hybridized carbons (Fsp3) is 0.421. The van der Waals surface area contributed by atoms with Crippen molar-refractivity contribution < 1.29 is 4.74 Å². The van der Waals surface area contributed by atoms with Crippen LogP contribution in [0.25, 0.3) is 11.2 Å². The number of fused-ring (bicyclic) bond motifs is 1. The molecule has 26 heavy (non-hydrogen) atoms. The molecule has 0 unspecified atom stereocenters. The van der Waals surface area contributed by atoms with Gasteiger partial charge in [0.15, 0.2) is 5.65 Å². The van der Waals surface area contributed by atoms with Gasteiger partial charge in [-0.05, 0) is 37.0 Å². The smallest absolute Gasteiger partial charge is 0.330 e. The number of nitrogens with zero attached hydrogens (tertiary/aromatic N) is 2. The lowest BCUT2D eigenvalue weighted by Gasteiger charge is -2.07. The van der Waals surface area contributed by atoms with E-state index in [0.717, 1.165) is 30.0 Å². The van der Waals surface area contributed by atoms with Gasteiger partial charge in [-0.25, -0.2) is 9.78 Å². The highest BCUT2D eigenvalue weighted by Gasteiger charge is 2.22. The van der Waals surface area contributed by atoms with E-state index in [1.807, 2.05) is 24.3 Å². The largest absolute Gasteiger partial charge is 0.497 e. The minimum atomic E-state index is -0.416. The number of aryl methyl sites for hydroxylation is 2. The van der Waals surface area contributed by atoms with Crippen molar-refractivity contribution in [1.82, 2.24) is 19.5 Å². The average Bonchev–Trinajstić information content (AvgIpc) is 3.32. The minimum absolute atomic E-state index is 0.354. The van der Waals surface area contributed by atoms with Crippen LogP contribution in [0.15, 0.2) is 33.9 Å². The molecule has 0 radical (unpaired) electrons. The number of aromatic amines is 2. The Morgan fingerprint density at radius 1 is 1.15 bits per heavy atom. The van der Waals surface area contributed by atoms with Crippen molar-refractivity contribution in [2.75, 3.05) is 7.11 Å². The van der Waals surface area contributed by atoms with Crippen molar-refractivity contribution in [3.63, 3.8) is 0 Å². The molecule has 4 rings (SSSR count). The maximum Gasteiger partial charge on any atom is 0.330 e. The summed E-state index contributed by atoms with van der Waals surface area (Å²) in [4.78, 5) is 34.7. The number of hydrogen-bond acceptors (Lipinski definition) is 4. The molecule has 1 aromatic carbocycles. The summed E-state index contributed by atoms with van der Waals surface area (Å²) in [6.45, 7) is 0.452. The van der Waals surface area contributed by atoms with E-state index < -0.39 is 11.2 Å². The Labute approximate surface area is 150 Å². The minimum Gasteiger partial charge on any atom is -0.497 e. The number of hydrogen-bond donors (Lipinski definition) is 2. The van der Waals surface area contributed by atoms with Gasteiger partial charge in [-0.15, -0.1) is 0 Å². The zero-order valence-electron chi connectivity index (χ0n) is 14.7. The number of rotatable bonds is 5. The standard InChI is InChI=1S/C19H22N4O3/c1-26-14-8-6-12(7-9-14)10-11-23-17-15(18(24)22-19(23)25)20-16(21-17)13-4-2-3-5-13/h6-9,13H,2-5,10-11H2,1H3,(H,20,21)(H,22,24,25). The van der Waals surface area contributed by atoms with Gasteiger partial charge in [0.2, 0.25) is 0 Å². The van der Waals surface area contributed by atoms with E-state index >= 15 is 0 Å². The summed E-state index contributed by atoms with van der Waals surface area (Å²) in [5.41, 5.74) is 1.11. The van der Waals surface area contributed by atoms with Gasteiger partial charge in [0.05, 0.1) is 7.11 Å². The molecule has 0 atom stereocenters. The molecule has 0 saturated heterocycles. The normalized spacial score (nSPS) is 15.0. The number of methoxy groups -OCH3 is 1. The van der Waals surface area contributed by atoms with Crippen LogP contribution >= 0.6 is 0 Å². The van der Waals surface area contributed by atoms with Crippen LogP contribution in [0.4, 0.5) is 0 Å². The van der Waals surface area contributed by atoms with Crippen LogP contribution in [0.1, 0.15) is 43.0 Å². The first kappa shape index (κ1) is 16.6. The third-order valence-electron chi connectivity index (χ3n) is 5.18. The first-order valence-electron chi connectivity index (χ1n) is 9.01. The molecule has 0 amide bonds. The monoisotopic (exact) mass is 354 g/mol. The molecule has 3 aromatic rings. The van der Waals surface area contributed by atoms with E-state index in [0.29, 0.717) is 30.0 Å². The summed E-state index contributed by atoms with van der Waals surface area (Å²) in [6, 6.07) is 7.74. The van der Waals surface area contributed by atoms with Gasteiger partial charge >= 0.3 is 5.69 Å². The highest BCUT2D eigenvalue weighted by molar-refractivity contribution is 5.69. The third-order valence-corrected chi connectivity index (χ3v) is 5.18. The Balaban J connectivity index is 1.66. The lowest BCUT2D eigenvalue weighted by atomic mass is 10.1. The third kappa shape index (κ3) is 3.05. The van der Waals surface area contributed by atoms with E-state index in [1.165, 1.54) is 12.8 Å². The van der Waals surface area contributed by atoms with Gasteiger partial charge in [0, 0.05) is 12.5 Å². The van der Waals surface area contributed by atoms with Crippen LogP contribution in [-0.2, 0) is 13.0 Å². The van der Waals surface area contributed by atoms with Gasteiger partial charge < -0.3 is 9.72 Å². The number of H-pyrrole nitrogens is 2. The summed E-state index contributed by atoms with van der Waals surface area (Å²) in [5.74, 6) is 1.98. The second-order valence-electron chi connectivity index (χ2n) is 6.81. The molecule has 1 aliphatic rings. The Bertz CT molecular complexity index is 1020. The molecule has 1 aliphatic carbocycles. The zero-order valence-corrected chi connectivity index (χ0v) is 14.7. The molecule has 7 heteroatoms. The molecule has 0 aliphatic heterocycles. The van der Waals surface area contributed by atoms with Gasteiger partial charge in [-0.3, -0.25) is 14.3 Å². The lowest BCUT2D eigenvalue weighted by molar-refractivity contribution is 0.414. The molecule has 136 valence electrons. The molecular weight excluding hydrogens is 332 g/mol. The second-order valence-corrected chi connectivity index (χ2v) is 6.81. The maximum atomic E-state index is 12.3. The Morgan fingerprint density at radius 3 is 2.58 bits per heavy atom. The van der Waals surface area contributed by atoms with Crippen molar-refractivity contribution in [3.8, 4) is 5.75 Å². The lowest BCUT2D eigenvalue weighted by Crippen LogP contribution is -2.31. The van der Waals surface area contributed by atoms with Gasteiger partial charge in [-0.1, -0.05) is 25.0 Å². The Morgan fingerprint density at radius 2 is 1.88 bits per heavy atom. The highest BCUT2D eigenvalue weighted by Crippen LogP contribution is 2.32. The Hall–Kier alpha value is -2.83. The first-order chi connectivity index (χ1) is 12.7.